The van der Waals surface area contributed by atoms with Gasteiger partial charge < -0.3 is 20.9 Å². The number of benzene rings is 2. The van der Waals surface area contributed by atoms with Crippen LogP contribution < -0.4 is 20.7 Å². The van der Waals surface area contributed by atoms with E-state index in [-0.39, 0.29) is 11.6 Å². The van der Waals surface area contributed by atoms with Crippen molar-refractivity contribution in [2.45, 2.75) is 12.5 Å². The second kappa shape index (κ2) is 8.23. The summed E-state index contributed by atoms with van der Waals surface area (Å²) in [5.41, 5.74) is 8.10. The number of nitrogen functional groups attached to an aromatic ring is 1. The maximum Gasteiger partial charge on any atom is 0.322 e. The largest absolute Gasteiger partial charge is 0.497 e. The third-order valence-electron chi connectivity index (χ3n) is 5.28. The van der Waals surface area contributed by atoms with E-state index in [2.05, 4.69) is 15.5 Å². The van der Waals surface area contributed by atoms with Gasteiger partial charge in [0.15, 0.2) is 0 Å². The fourth-order valence-corrected chi connectivity index (χ4v) is 3.70. The highest BCUT2D eigenvalue weighted by molar-refractivity contribution is 5.95. The van der Waals surface area contributed by atoms with Gasteiger partial charge in [-0.05, 0) is 41.8 Å². The molecule has 31 heavy (non-hydrogen) atoms. The van der Waals surface area contributed by atoms with Crippen LogP contribution in [0.1, 0.15) is 17.2 Å². The van der Waals surface area contributed by atoms with E-state index >= 15 is 0 Å². The van der Waals surface area contributed by atoms with Crippen LogP contribution in [0.15, 0.2) is 36.5 Å². The first kappa shape index (κ1) is 20.6. The number of aromatic nitrogens is 2. The lowest BCUT2D eigenvalue weighted by molar-refractivity contribution is 0.221. The van der Waals surface area contributed by atoms with E-state index in [1.165, 1.54) is 42.5 Å². The predicted octanol–water partition coefficient (Wildman–Crippen LogP) is 2.75. The average molecular weight is 429 g/mol. The number of halogens is 2. The lowest BCUT2D eigenvalue weighted by atomic mass is 10.0. The number of carbonyl (C=O) groups is 1. The monoisotopic (exact) mass is 429 g/mol. The van der Waals surface area contributed by atoms with Crippen LogP contribution >= 0.6 is 0 Å². The summed E-state index contributed by atoms with van der Waals surface area (Å²) in [4.78, 5) is 14.3. The molecule has 2 amide bonds. The molecule has 0 unspecified atom stereocenters. The number of urea groups is 1. The van der Waals surface area contributed by atoms with Crippen molar-refractivity contribution in [3.05, 3.63) is 59.3 Å². The third-order valence-corrected chi connectivity index (χ3v) is 5.28. The smallest absolute Gasteiger partial charge is 0.322 e. The minimum absolute atomic E-state index is 0.253. The van der Waals surface area contributed by atoms with Gasteiger partial charge in [0.1, 0.15) is 23.2 Å². The molecule has 1 aliphatic rings. The predicted molar refractivity (Wildman–Crippen MR) is 111 cm³/mol. The average Bonchev–Trinajstić information content (AvgIpc) is 3.36. The van der Waals surface area contributed by atoms with Crippen LogP contribution in [-0.2, 0) is 6.42 Å². The number of H-pyrrole nitrogens is 1. The number of hydrogen-bond donors (Lipinski definition) is 4. The van der Waals surface area contributed by atoms with Crippen LogP contribution in [0.3, 0.4) is 0 Å². The lowest BCUT2D eigenvalue weighted by Crippen LogP contribution is -2.42. The number of nitrogens with zero attached hydrogens (tertiary/aromatic N) is 2. The van der Waals surface area contributed by atoms with Crippen molar-refractivity contribution in [1.29, 1.82) is 0 Å². The summed E-state index contributed by atoms with van der Waals surface area (Å²) in [6, 6.07) is 5.48. The summed E-state index contributed by atoms with van der Waals surface area (Å²) in [7, 11) is 1.40. The molecule has 8 nitrogen and oxygen atoms in total. The Hall–Kier alpha value is -3.66. The highest BCUT2D eigenvalue weighted by atomic mass is 19.1. The van der Waals surface area contributed by atoms with Crippen LogP contribution in [-0.4, -0.2) is 41.6 Å². The molecule has 2 aromatic carbocycles. The van der Waals surface area contributed by atoms with Crippen LogP contribution in [0.4, 0.5) is 25.1 Å². The number of rotatable bonds is 5. The summed E-state index contributed by atoms with van der Waals surface area (Å²) < 4.78 is 33.7. The number of carbonyl (C=O) groups excluding carboxylic acids is 1. The second-order valence-electron chi connectivity index (χ2n) is 7.17. The van der Waals surface area contributed by atoms with E-state index < -0.39 is 30.3 Å². The minimum Gasteiger partial charge on any atom is -0.497 e. The van der Waals surface area contributed by atoms with Crippen molar-refractivity contribution in [2.24, 2.45) is 0 Å². The molecule has 1 atom stereocenters. The van der Waals surface area contributed by atoms with E-state index in [4.69, 9.17) is 10.5 Å². The number of anilines is 2. The minimum atomic E-state index is -0.865. The van der Waals surface area contributed by atoms with Crippen LogP contribution in [0, 0.1) is 11.6 Å². The van der Waals surface area contributed by atoms with Crippen LogP contribution in [0.2, 0.25) is 0 Å². The molecule has 0 spiro atoms. The molecular weight excluding hydrogens is 408 g/mol. The number of hydrogen-bond acceptors (Lipinski definition) is 5. The first-order valence-corrected chi connectivity index (χ1v) is 9.56. The number of aliphatic hydroxyl groups excluding tert-OH is 1. The van der Waals surface area contributed by atoms with Crippen LogP contribution in [0.5, 0.6) is 5.75 Å². The number of aliphatic hydroxyl groups is 1. The summed E-state index contributed by atoms with van der Waals surface area (Å²) in [5.74, 6) is -0.577. The van der Waals surface area contributed by atoms with Gasteiger partial charge in [0.25, 0.3) is 0 Å². The molecule has 1 aliphatic heterocycles. The van der Waals surface area contributed by atoms with Gasteiger partial charge in [0.05, 0.1) is 31.6 Å². The number of nitrogens with one attached hydrogen (secondary N) is 2. The lowest BCUT2D eigenvalue weighted by Gasteiger charge is -2.23. The van der Waals surface area contributed by atoms with Crippen molar-refractivity contribution in [1.82, 2.24) is 15.5 Å². The van der Waals surface area contributed by atoms with E-state index in [1.54, 1.807) is 6.07 Å². The molecule has 2 heterocycles. The fraction of sp³-hybridized carbons (Fsp3) is 0.238. The maximum atomic E-state index is 14.8. The normalized spacial score (nSPS) is 13.7. The van der Waals surface area contributed by atoms with Gasteiger partial charge in [0, 0.05) is 23.7 Å². The molecule has 4 rings (SSSR count). The summed E-state index contributed by atoms with van der Waals surface area (Å²) in [6.07, 6.45) is 1.96. The molecule has 0 radical (unpaired) electrons. The summed E-state index contributed by atoms with van der Waals surface area (Å²) >= 11 is 0. The van der Waals surface area contributed by atoms with Crippen molar-refractivity contribution in [3.63, 3.8) is 0 Å². The van der Waals surface area contributed by atoms with Gasteiger partial charge in [-0.3, -0.25) is 10.00 Å². The Morgan fingerprint density at radius 1 is 1.32 bits per heavy atom. The van der Waals surface area contributed by atoms with Gasteiger partial charge in [-0.1, -0.05) is 0 Å². The third kappa shape index (κ3) is 3.89. The number of fused-ring (bicyclic) bond motifs is 1. The highest BCUT2D eigenvalue weighted by Crippen LogP contribution is 2.36. The Morgan fingerprint density at radius 2 is 2.13 bits per heavy atom. The molecule has 0 saturated heterocycles. The quantitative estimate of drug-likeness (QED) is 0.498. The Kier molecular flexibility index (Phi) is 5.47. The Labute approximate surface area is 176 Å². The number of methoxy groups -OCH3 is 1. The van der Waals surface area contributed by atoms with Crippen molar-refractivity contribution >= 4 is 17.5 Å². The highest BCUT2D eigenvalue weighted by Gasteiger charge is 2.29. The SMILES string of the molecule is COc1cc(F)cc([C@@H](CO)NC(=O)N2CCc3cc(-c4cn[nH]c4N)c(F)cc32)c1. The molecule has 162 valence electrons. The first-order chi connectivity index (χ1) is 14.9. The van der Waals surface area contributed by atoms with Gasteiger partial charge in [0.2, 0.25) is 0 Å². The van der Waals surface area contributed by atoms with Crippen molar-refractivity contribution in [2.75, 3.05) is 30.9 Å². The van der Waals surface area contributed by atoms with E-state index in [9.17, 15) is 18.7 Å². The molecule has 0 fully saturated rings. The maximum absolute atomic E-state index is 14.8. The number of aromatic amines is 1. The number of nitrogens with two attached hydrogens (primary N) is 1. The van der Waals surface area contributed by atoms with Crippen molar-refractivity contribution in [3.8, 4) is 16.9 Å². The number of ether oxygens (including phenoxy) is 1. The second-order valence-corrected chi connectivity index (χ2v) is 7.17. The fourth-order valence-electron chi connectivity index (χ4n) is 3.70. The number of amides is 2. The van der Waals surface area contributed by atoms with E-state index in [0.29, 0.717) is 35.3 Å². The van der Waals surface area contributed by atoms with E-state index in [0.717, 1.165) is 5.56 Å². The van der Waals surface area contributed by atoms with Crippen molar-refractivity contribution < 1.29 is 23.4 Å². The summed E-state index contributed by atoms with van der Waals surface area (Å²) in [6.45, 7) is -0.123. The standard InChI is InChI=1S/C21H21F2N5O3/c1-31-14-5-12(4-13(22)7-14)18(10-29)26-21(30)28-3-2-11-6-15(17(23)8-19(11)28)16-9-25-27-20(16)24/h4-9,18,29H,2-3,10H2,1H3,(H,26,30)(H3,24,25,27)/t18-/m1/s1. The molecule has 3 aromatic rings. The Bertz CT molecular complexity index is 1130. The molecule has 0 aliphatic carbocycles. The molecule has 10 heteroatoms. The topological polar surface area (TPSA) is 116 Å². The van der Waals surface area contributed by atoms with Crippen LogP contribution in [0.25, 0.3) is 11.1 Å². The van der Waals surface area contributed by atoms with Gasteiger partial charge in [-0.2, -0.15) is 5.10 Å². The molecule has 1 aromatic heterocycles. The van der Waals surface area contributed by atoms with Gasteiger partial charge >= 0.3 is 6.03 Å². The zero-order valence-electron chi connectivity index (χ0n) is 16.7. The van der Waals surface area contributed by atoms with Gasteiger partial charge in [-0.15, -0.1) is 0 Å². The summed E-state index contributed by atoms with van der Waals surface area (Å²) in [5, 5.41) is 18.8. The zero-order chi connectivity index (χ0) is 22.1. The first-order valence-electron chi connectivity index (χ1n) is 9.56. The Morgan fingerprint density at radius 3 is 2.81 bits per heavy atom. The zero-order valence-corrected chi connectivity index (χ0v) is 16.7. The molecule has 0 bridgehead atoms. The van der Waals surface area contributed by atoms with E-state index in [1.807, 2.05) is 0 Å². The molecule has 0 saturated carbocycles. The van der Waals surface area contributed by atoms with Gasteiger partial charge in [-0.25, -0.2) is 13.6 Å². The Balaban J connectivity index is 1.58. The molecule has 5 N–H and O–H groups in total. The molecular formula is C21H21F2N5O3.